The van der Waals surface area contributed by atoms with Gasteiger partial charge < -0.3 is 15.1 Å². The molecule has 0 aliphatic carbocycles. The van der Waals surface area contributed by atoms with Gasteiger partial charge in [-0.2, -0.15) is 0 Å². The molecule has 0 aromatic heterocycles. The second kappa shape index (κ2) is 6.56. The molecule has 1 saturated heterocycles. The Balaban J connectivity index is 2.21. The molecule has 2 N–H and O–H groups in total. The molecule has 1 aliphatic rings. The fourth-order valence-electron chi connectivity index (χ4n) is 1.91. The van der Waals surface area contributed by atoms with Crippen LogP contribution in [0.3, 0.4) is 0 Å². The second-order valence-electron chi connectivity index (χ2n) is 4.53. The molecule has 6 heteroatoms. The van der Waals surface area contributed by atoms with Crippen molar-refractivity contribution in [3.8, 4) is 0 Å². The van der Waals surface area contributed by atoms with E-state index < -0.39 is 11.9 Å². The standard InChI is InChI=1S/C11H20N2O4/c1-9(11(16)17)8-13-6-4-12(5-7-13)3-2-10(14)15/h9H,2-8H2,1H3,(H,14,15)(H,16,17). The summed E-state index contributed by atoms with van der Waals surface area (Å²) in [7, 11) is 0. The molecule has 1 unspecified atom stereocenters. The van der Waals surface area contributed by atoms with Crippen LogP contribution in [0.25, 0.3) is 0 Å². The van der Waals surface area contributed by atoms with Crippen molar-refractivity contribution in [1.82, 2.24) is 9.80 Å². The minimum atomic E-state index is -0.771. The van der Waals surface area contributed by atoms with Crippen LogP contribution in [0, 0.1) is 5.92 Å². The van der Waals surface area contributed by atoms with Gasteiger partial charge >= 0.3 is 11.9 Å². The summed E-state index contributed by atoms with van der Waals surface area (Å²) < 4.78 is 0. The molecule has 98 valence electrons. The van der Waals surface area contributed by atoms with Crippen LogP contribution in [-0.4, -0.2) is 71.2 Å². The van der Waals surface area contributed by atoms with Crippen molar-refractivity contribution in [2.24, 2.45) is 5.92 Å². The number of carbonyl (C=O) groups is 2. The molecular weight excluding hydrogens is 224 g/mol. The van der Waals surface area contributed by atoms with E-state index in [0.717, 1.165) is 26.2 Å². The number of aliphatic carboxylic acids is 2. The molecule has 1 fully saturated rings. The molecule has 0 radical (unpaired) electrons. The lowest BCUT2D eigenvalue weighted by atomic mass is 10.1. The Hall–Kier alpha value is -1.14. The first-order valence-corrected chi connectivity index (χ1v) is 5.88. The van der Waals surface area contributed by atoms with Crippen LogP contribution in [-0.2, 0) is 9.59 Å². The predicted molar refractivity (Wildman–Crippen MR) is 61.9 cm³/mol. The minimum Gasteiger partial charge on any atom is -0.481 e. The Kier molecular flexibility index (Phi) is 5.37. The largest absolute Gasteiger partial charge is 0.481 e. The maximum absolute atomic E-state index is 10.7. The van der Waals surface area contributed by atoms with Gasteiger partial charge in [0.25, 0.3) is 0 Å². The predicted octanol–water partition coefficient (Wildman–Crippen LogP) is -0.201. The molecule has 6 nitrogen and oxygen atoms in total. The van der Waals surface area contributed by atoms with E-state index in [4.69, 9.17) is 10.2 Å². The van der Waals surface area contributed by atoms with E-state index in [-0.39, 0.29) is 12.3 Å². The highest BCUT2D eigenvalue weighted by molar-refractivity contribution is 5.69. The fourth-order valence-corrected chi connectivity index (χ4v) is 1.91. The van der Waals surface area contributed by atoms with Crippen LogP contribution in [0.5, 0.6) is 0 Å². The van der Waals surface area contributed by atoms with Crippen molar-refractivity contribution in [3.05, 3.63) is 0 Å². The summed E-state index contributed by atoms with van der Waals surface area (Å²) >= 11 is 0. The van der Waals surface area contributed by atoms with E-state index in [1.54, 1.807) is 6.92 Å². The van der Waals surface area contributed by atoms with Gasteiger partial charge in [-0.15, -0.1) is 0 Å². The van der Waals surface area contributed by atoms with E-state index in [2.05, 4.69) is 9.80 Å². The molecule has 1 atom stereocenters. The van der Waals surface area contributed by atoms with Crippen molar-refractivity contribution in [3.63, 3.8) is 0 Å². The summed E-state index contributed by atoms with van der Waals surface area (Å²) in [5, 5.41) is 17.4. The number of rotatable bonds is 6. The van der Waals surface area contributed by atoms with Gasteiger partial charge in [-0.1, -0.05) is 6.92 Å². The molecule has 17 heavy (non-hydrogen) atoms. The monoisotopic (exact) mass is 244 g/mol. The molecular formula is C11H20N2O4. The number of carboxylic acids is 2. The molecule has 0 amide bonds. The minimum absolute atomic E-state index is 0.172. The van der Waals surface area contributed by atoms with Crippen LogP contribution in [0.2, 0.25) is 0 Å². The van der Waals surface area contributed by atoms with Gasteiger partial charge in [0, 0.05) is 39.3 Å². The molecule has 0 aromatic carbocycles. The van der Waals surface area contributed by atoms with Gasteiger partial charge in [0.1, 0.15) is 0 Å². The average Bonchev–Trinajstić information content (AvgIpc) is 2.28. The van der Waals surface area contributed by atoms with Gasteiger partial charge in [-0.3, -0.25) is 14.5 Å². The summed E-state index contributed by atoms with van der Waals surface area (Å²) in [4.78, 5) is 25.4. The van der Waals surface area contributed by atoms with Gasteiger partial charge in [-0.05, 0) is 0 Å². The zero-order chi connectivity index (χ0) is 12.8. The second-order valence-corrected chi connectivity index (χ2v) is 4.53. The fraction of sp³-hybridized carbons (Fsp3) is 0.818. The summed E-state index contributed by atoms with van der Waals surface area (Å²) in [5.41, 5.74) is 0. The Bertz CT molecular complexity index is 275. The third-order valence-corrected chi connectivity index (χ3v) is 3.06. The lowest BCUT2D eigenvalue weighted by molar-refractivity contribution is -0.142. The van der Waals surface area contributed by atoms with Gasteiger partial charge in [-0.25, -0.2) is 0 Å². The van der Waals surface area contributed by atoms with Crippen LogP contribution in [0.1, 0.15) is 13.3 Å². The number of piperazine rings is 1. The zero-order valence-corrected chi connectivity index (χ0v) is 10.1. The molecule has 0 saturated carbocycles. The molecule has 1 aliphatic heterocycles. The highest BCUT2D eigenvalue weighted by atomic mass is 16.4. The highest BCUT2D eigenvalue weighted by Gasteiger charge is 2.21. The van der Waals surface area contributed by atoms with E-state index in [1.807, 2.05) is 0 Å². The smallest absolute Gasteiger partial charge is 0.307 e. The lowest BCUT2D eigenvalue weighted by Crippen LogP contribution is -2.48. The quantitative estimate of drug-likeness (QED) is 0.673. The van der Waals surface area contributed by atoms with Crippen molar-refractivity contribution < 1.29 is 19.8 Å². The molecule has 1 rings (SSSR count). The molecule has 0 spiro atoms. The summed E-state index contributed by atoms with van der Waals surface area (Å²) in [5.74, 6) is -1.88. The first-order valence-electron chi connectivity index (χ1n) is 5.88. The van der Waals surface area contributed by atoms with Crippen molar-refractivity contribution in [2.75, 3.05) is 39.3 Å². The molecule has 0 bridgehead atoms. The normalized spacial score (nSPS) is 20.1. The third-order valence-electron chi connectivity index (χ3n) is 3.06. The van der Waals surface area contributed by atoms with Crippen LogP contribution in [0.4, 0.5) is 0 Å². The van der Waals surface area contributed by atoms with E-state index >= 15 is 0 Å². The van der Waals surface area contributed by atoms with Gasteiger partial charge in [0.2, 0.25) is 0 Å². The Morgan fingerprint density at radius 1 is 1.12 bits per heavy atom. The van der Waals surface area contributed by atoms with Crippen LogP contribution < -0.4 is 0 Å². The van der Waals surface area contributed by atoms with Crippen molar-refractivity contribution in [2.45, 2.75) is 13.3 Å². The van der Waals surface area contributed by atoms with E-state index in [0.29, 0.717) is 13.1 Å². The number of nitrogens with zero attached hydrogens (tertiary/aromatic N) is 2. The van der Waals surface area contributed by atoms with Gasteiger partial charge in [0.05, 0.1) is 12.3 Å². The van der Waals surface area contributed by atoms with Crippen molar-refractivity contribution >= 4 is 11.9 Å². The van der Waals surface area contributed by atoms with Crippen molar-refractivity contribution in [1.29, 1.82) is 0 Å². The number of hydrogen-bond donors (Lipinski definition) is 2. The highest BCUT2D eigenvalue weighted by Crippen LogP contribution is 2.06. The zero-order valence-electron chi connectivity index (χ0n) is 10.1. The topological polar surface area (TPSA) is 81.1 Å². The SMILES string of the molecule is CC(CN1CCN(CCC(=O)O)CC1)C(=O)O. The maximum atomic E-state index is 10.7. The maximum Gasteiger partial charge on any atom is 0.307 e. The Morgan fingerprint density at radius 2 is 1.65 bits per heavy atom. The third kappa shape index (κ3) is 5.14. The average molecular weight is 244 g/mol. The first kappa shape index (κ1) is 13.9. The number of carboxylic acid groups (broad SMARTS) is 2. The lowest BCUT2D eigenvalue weighted by Gasteiger charge is -2.35. The van der Waals surface area contributed by atoms with Crippen LogP contribution >= 0.6 is 0 Å². The first-order chi connectivity index (χ1) is 7.99. The van der Waals surface area contributed by atoms with Crippen LogP contribution in [0.15, 0.2) is 0 Å². The Morgan fingerprint density at radius 3 is 2.12 bits per heavy atom. The van der Waals surface area contributed by atoms with E-state index in [9.17, 15) is 9.59 Å². The molecule has 0 aromatic rings. The Labute approximate surface area is 101 Å². The summed E-state index contributed by atoms with van der Waals surface area (Å²) in [6, 6.07) is 0. The summed E-state index contributed by atoms with van der Waals surface area (Å²) in [6.07, 6.45) is 0.172. The van der Waals surface area contributed by atoms with Gasteiger partial charge in [0.15, 0.2) is 0 Å². The van der Waals surface area contributed by atoms with E-state index in [1.165, 1.54) is 0 Å². The molecule has 1 heterocycles. The summed E-state index contributed by atoms with van der Waals surface area (Å²) in [6.45, 7) is 6.13. The number of hydrogen-bond acceptors (Lipinski definition) is 4.